The molecule has 0 N–H and O–H groups in total. The number of rotatable bonds is 5. The fourth-order valence-corrected chi connectivity index (χ4v) is 8.31. The molecular formula is C24H29ClN4O4S2. The highest BCUT2D eigenvalue weighted by molar-refractivity contribution is 7.89. The monoisotopic (exact) mass is 536 g/mol. The predicted molar refractivity (Wildman–Crippen MR) is 140 cm³/mol. The Morgan fingerprint density at radius 2 is 1.89 bits per heavy atom. The van der Waals surface area contributed by atoms with Gasteiger partial charge in [0, 0.05) is 35.7 Å². The maximum atomic E-state index is 13.7. The van der Waals surface area contributed by atoms with Crippen LogP contribution >= 0.6 is 22.9 Å². The van der Waals surface area contributed by atoms with E-state index in [0.29, 0.717) is 33.5 Å². The standard InChI is InChI=1S/C24H29ClN4O4S2/c1-14-8-15(2)11-29(10-14)35(32,33)22-17(4)34-23-21(22)24(31)28(13-26-23)12-20(30)27(5)19-9-18(25)7-6-16(19)3/h6-7,9,13-15H,8,10-12H2,1-5H3/t14-,15-/m1/s1. The number of amides is 1. The predicted octanol–water partition coefficient (Wildman–Crippen LogP) is 4.06. The smallest absolute Gasteiger partial charge is 0.263 e. The minimum atomic E-state index is -3.90. The Bertz CT molecular complexity index is 1450. The van der Waals surface area contributed by atoms with Crippen molar-refractivity contribution in [2.75, 3.05) is 25.0 Å². The van der Waals surface area contributed by atoms with Crippen molar-refractivity contribution in [2.24, 2.45) is 11.8 Å². The van der Waals surface area contributed by atoms with Crippen LogP contribution in [0.5, 0.6) is 0 Å². The number of aryl methyl sites for hydroxylation is 2. The van der Waals surface area contributed by atoms with Gasteiger partial charge in [0.25, 0.3) is 5.56 Å². The second kappa shape index (κ2) is 9.65. The summed E-state index contributed by atoms with van der Waals surface area (Å²) in [5.41, 5.74) is 0.950. The molecule has 1 fully saturated rings. The number of fused-ring (bicyclic) bond motifs is 1. The fourth-order valence-electron chi connectivity index (χ4n) is 4.80. The lowest BCUT2D eigenvalue weighted by Crippen LogP contribution is -2.43. The number of sulfonamides is 1. The molecule has 4 rings (SSSR count). The van der Waals surface area contributed by atoms with Crippen molar-refractivity contribution in [3.05, 3.63) is 50.3 Å². The third-order valence-electron chi connectivity index (χ3n) is 6.45. The normalized spacial score (nSPS) is 19.3. The summed E-state index contributed by atoms with van der Waals surface area (Å²) in [5.74, 6) is 0.113. The van der Waals surface area contributed by atoms with Gasteiger partial charge < -0.3 is 4.90 Å². The summed E-state index contributed by atoms with van der Waals surface area (Å²) in [7, 11) is -2.29. The van der Waals surface area contributed by atoms with E-state index in [9.17, 15) is 18.0 Å². The first-order valence-corrected chi connectivity index (χ1v) is 14.0. The van der Waals surface area contributed by atoms with Crippen molar-refractivity contribution in [1.29, 1.82) is 0 Å². The lowest BCUT2D eigenvalue weighted by Gasteiger charge is -2.34. The molecule has 1 aromatic carbocycles. The molecule has 2 atom stereocenters. The Hall–Kier alpha value is -2.27. The van der Waals surface area contributed by atoms with Crippen LogP contribution in [0.25, 0.3) is 10.2 Å². The van der Waals surface area contributed by atoms with Crippen molar-refractivity contribution in [3.63, 3.8) is 0 Å². The number of carbonyl (C=O) groups excluding carboxylic acids is 1. The molecule has 35 heavy (non-hydrogen) atoms. The van der Waals surface area contributed by atoms with Gasteiger partial charge in [-0.25, -0.2) is 13.4 Å². The molecule has 0 unspecified atom stereocenters. The van der Waals surface area contributed by atoms with E-state index in [-0.39, 0.29) is 34.6 Å². The first-order chi connectivity index (χ1) is 16.4. The molecule has 0 aliphatic carbocycles. The van der Waals surface area contributed by atoms with Crippen LogP contribution in [-0.4, -0.2) is 48.3 Å². The van der Waals surface area contributed by atoms with E-state index in [4.69, 9.17) is 11.6 Å². The highest BCUT2D eigenvalue weighted by atomic mass is 35.5. The van der Waals surface area contributed by atoms with Crippen molar-refractivity contribution >= 4 is 54.8 Å². The Balaban J connectivity index is 1.73. The van der Waals surface area contributed by atoms with Gasteiger partial charge in [-0.15, -0.1) is 11.3 Å². The summed E-state index contributed by atoms with van der Waals surface area (Å²) in [4.78, 5) is 33.2. The molecule has 0 bridgehead atoms. The van der Waals surface area contributed by atoms with Gasteiger partial charge in [0.2, 0.25) is 15.9 Å². The van der Waals surface area contributed by atoms with Crippen molar-refractivity contribution in [3.8, 4) is 0 Å². The Morgan fingerprint density at radius 1 is 1.23 bits per heavy atom. The molecule has 1 aliphatic heterocycles. The summed E-state index contributed by atoms with van der Waals surface area (Å²) >= 11 is 7.28. The average molecular weight is 537 g/mol. The van der Waals surface area contributed by atoms with Gasteiger partial charge in [-0.2, -0.15) is 4.31 Å². The zero-order valence-corrected chi connectivity index (χ0v) is 22.8. The summed E-state index contributed by atoms with van der Waals surface area (Å²) < 4.78 is 30.0. The van der Waals surface area contributed by atoms with Crippen LogP contribution < -0.4 is 10.5 Å². The quantitative estimate of drug-likeness (QED) is 0.490. The highest BCUT2D eigenvalue weighted by Gasteiger charge is 2.36. The van der Waals surface area contributed by atoms with E-state index in [0.717, 1.165) is 12.0 Å². The number of hydrogen-bond acceptors (Lipinski definition) is 6. The van der Waals surface area contributed by atoms with Gasteiger partial charge in [-0.1, -0.05) is 31.5 Å². The number of hydrogen-bond donors (Lipinski definition) is 0. The maximum Gasteiger partial charge on any atom is 0.263 e. The summed E-state index contributed by atoms with van der Waals surface area (Å²) in [6.45, 7) is 8.18. The first kappa shape index (κ1) is 25.8. The van der Waals surface area contributed by atoms with E-state index in [1.807, 2.05) is 26.8 Å². The van der Waals surface area contributed by atoms with Crippen LogP contribution in [-0.2, 0) is 21.4 Å². The second-order valence-electron chi connectivity index (χ2n) is 9.50. The topological polar surface area (TPSA) is 92.6 Å². The summed E-state index contributed by atoms with van der Waals surface area (Å²) in [6, 6.07) is 5.24. The summed E-state index contributed by atoms with van der Waals surface area (Å²) in [5, 5.41) is 0.547. The molecule has 8 nitrogen and oxygen atoms in total. The first-order valence-electron chi connectivity index (χ1n) is 11.4. The Labute approximate surface area is 214 Å². The van der Waals surface area contributed by atoms with Crippen LogP contribution in [0.4, 0.5) is 5.69 Å². The van der Waals surface area contributed by atoms with E-state index < -0.39 is 15.6 Å². The van der Waals surface area contributed by atoms with Crippen LogP contribution in [0.15, 0.2) is 34.2 Å². The van der Waals surface area contributed by atoms with Crippen molar-refractivity contribution in [1.82, 2.24) is 13.9 Å². The number of anilines is 1. The Kier molecular flexibility index (Phi) is 7.11. The number of benzene rings is 1. The van der Waals surface area contributed by atoms with Gasteiger partial charge >= 0.3 is 0 Å². The minimum Gasteiger partial charge on any atom is -0.314 e. The van der Waals surface area contributed by atoms with Crippen LogP contribution in [0, 0.1) is 25.7 Å². The zero-order chi connectivity index (χ0) is 25.7. The summed E-state index contributed by atoms with van der Waals surface area (Å²) in [6.07, 6.45) is 2.27. The van der Waals surface area contributed by atoms with Gasteiger partial charge in [0.15, 0.2) is 0 Å². The highest BCUT2D eigenvalue weighted by Crippen LogP contribution is 2.35. The number of nitrogens with zero attached hydrogens (tertiary/aromatic N) is 4. The molecule has 3 heterocycles. The number of carbonyl (C=O) groups is 1. The molecule has 0 saturated carbocycles. The van der Waals surface area contributed by atoms with Gasteiger partial charge in [-0.05, 0) is 49.8 Å². The molecule has 3 aromatic rings. The molecule has 1 amide bonds. The Morgan fingerprint density at radius 3 is 2.54 bits per heavy atom. The molecule has 188 valence electrons. The van der Waals surface area contributed by atoms with Crippen LogP contribution in [0.1, 0.15) is 30.7 Å². The molecule has 0 radical (unpaired) electrons. The van der Waals surface area contributed by atoms with Gasteiger partial charge in [0.05, 0.1) is 11.7 Å². The third kappa shape index (κ3) is 4.89. The van der Waals surface area contributed by atoms with Crippen molar-refractivity contribution in [2.45, 2.75) is 45.6 Å². The molecule has 1 aliphatic rings. The molecular weight excluding hydrogens is 508 g/mol. The largest absolute Gasteiger partial charge is 0.314 e. The van der Waals surface area contributed by atoms with Gasteiger partial charge in [-0.3, -0.25) is 14.2 Å². The number of halogens is 1. The maximum absolute atomic E-state index is 13.7. The lowest BCUT2D eigenvalue weighted by molar-refractivity contribution is -0.118. The number of aromatic nitrogens is 2. The van der Waals surface area contributed by atoms with Crippen LogP contribution in [0.2, 0.25) is 5.02 Å². The van der Waals surface area contributed by atoms with E-state index in [1.54, 1.807) is 26.1 Å². The van der Waals surface area contributed by atoms with E-state index >= 15 is 0 Å². The molecule has 2 aromatic heterocycles. The third-order valence-corrected chi connectivity index (χ3v) is 9.83. The molecule has 0 spiro atoms. The molecule has 1 saturated heterocycles. The average Bonchev–Trinajstić information content (AvgIpc) is 3.13. The fraction of sp³-hybridized carbons (Fsp3) is 0.458. The second-order valence-corrected chi connectivity index (χ2v) is 13.0. The minimum absolute atomic E-state index is 0.0112. The number of thiophene rings is 1. The van der Waals surface area contributed by atoms with Crippen molar-refractivity contribution < 1.29 is 13.2 Å². The van der Waals surface area contributed by atoms with E-state index in [1.165, 1.54) is 31.4 Å². The lowest BCUT2D eigenvalue weighted by atomic mass is 9.94. The SMILES string of the molecule is Cc1ccc(Cl)cc1N(C)C(=O)Cn1cnc2sc(C)c(S(=O)(=O)N3C[C@H](C)C[C@@H](C)C3)c2c1=O. The number of piperidine rings is 1. The molecule has 11 heteroatoms. The number of likely N-dealkylation sites (N-methyl/N-ethyl adjacent to an activating group) is 1. The zero-order valence-electron chi connectivity index (χ0n) is 20.4. The van der Waals surface area contributed by atoms with Crippen LogP contribution in [0.3, 0.4) is 0 Å². The van der Waals surface area contributed by atoms with E-state index in [2.05, 4.69) is 4.98 Å². The van der Waals surface area contributed by atoms with Gasteiger partial charge in [0.1, 0.15) is 16.3 Å².